The van der Waals surface area contributed by atoms with E-state index in [1.54, 1.807) is 0 Å². The van der Waals surface area contributed by atoms with Crippen molar-refractivity contribution < 1.29 is 18.0 Å². The van der Waals surface area contributed by atoms with Gasteiger partial charge in [0.25, 0.3) is 0 Å². The van der Waals surface area contributed by atoms with E-state index in [9.17, 15) is 18.0 Å². The fraction of sp³-hybridized carbons (Fsp3) is 0.625. The van der Waals surface area contributed by atoms with Crippen LogP contribution in [0.25, 0.3) is 0 Å². The predicted molar refractivity (Wildman–Crippen MR) is 39.7 cm³/mol. The molecule has 0 amide bonds. The Morgan fingerprint density at radius 2 is 1.67 bits per heavy atom. The lowest BCUT2D eigenvalue weighted by atomic mass is 9.87. The molecule has 70 valence electrons. The van der Waals surface area contributed by atoms with E-state index in [0.717, 1.165) is 19.9 Å². The van der Waals surface area contributed by atoms with Gasteiger partial charge in [0.1, 0.15) is 5.41 Å². The van der Waals surface area contributed by atoms with E-state index in [1.165, 1.54) is 13.0 Å². The summed E-state index contributed by atoms with van der Waals surface area (Å²) in [5, 5.41) is 0. The highest BCUT2D eigenvalue weighted by Crippen LogP contribution is 2.38. The van der Waals surface area contributed by atoms with Crippen LogP contribution < -0.4 is 0 Å². The molecule has 0 aliphatic heterocycles. The topological polar surface area (TPSA) is 17.1 Å². The quantitative estimate of drug-likeness (QED) is 0.597. The molecule has 0 aromatic heterocycles. The monoisotopic (exact) mass is 180 g/mol. The van der Waals surface area contributed by atoms with Crippen LogP contribution in [0.2, 0.25) is 0 Å². The molecule has 0 aromatic carbocycles. The minimum Gasteiger partial charge on any atom is -0.294 e. The van der Waals surface area contributed by atoms with E-state index in [0.29, 0.717) is 0 Å². The average molecular weight is 180 g/mol. The van der Waals surface area contributed by atoms with Crippen molar-refractivity contribution in [1.29, 1.82) is 0 Å². The van der Waals surface area contributed by atoms with Gasteiger partial charge >= 0.3 is 6.18 Å². The minimum absolute atomic E-state index is 0.870. The van der Waals surface area contributed by atoms with Crippen LogP contribution in [0.4, 0.5) is 13.2 Å². The molecule has 0 aliphatic carbocycles. The maximum Gasteiger partial charge on any atom is 0.401 e. The zero-order chi connectivity index (χ0) is 9.99. The fourth-order valence-electron chi connectivity index (χ4n) is 0.499. The van der Waals surface area contributed by atoms with Crippen molar-refractivity contribution in [3.63, 3.8) is 0 Å². The molecule has 0 atom stereocenters. The van der Waals surface area contributed by atoms with E-state index in [4.69, 9.17) is 0 Å². The molecule has 0 radical (unpaired) electrons. The second-order valence-electron chi connectivity index (χ2n) is 2.99. The first kappa shape index (κ1) is 11.2. The van der Waals surface area contributed by atoms with Gasteiger partial charge in [-0.15, -0.1) is 0 Å². The summed E-state index contributed by atoms with van der Waals surface area (Å²) in [5.74, 6) is -0.919. The number of hydrogen-bond donors (Lipinski definition) is 0. The summed E-state index contributed by atoms with van der Waals surface area (Å²) < 4.78 is 36.5. The van der Waals surface area contributed by atoms with Crippen molar-refractivity contribution in [3.05, 3.63) is 12.2 Å². The third-order valence-electron chi connectivity index (χ3n) is 1.64. The summed E-state index contributed by atoms with van der Waals surface area (Å²) in [7, 11) is 0. The van der Waals surface area contributed by atoms with Crippen LogP contribution in [-0.4, -0.2) is 12.0 Å². The Bertz CT molecular complexity index is 201. The van der Waals surface area contributed by atoms with Gasteiger partial charge in [0.05, 0.1) is 0 Å². The molecule has 0 rings (SSSR count). The van der Waals surface area contributed by atoms with E-state index >= 15 is 0 Å². The van der Waals surface area contributed by atoms with E-state index in [-0.39, 0.29) is 0 Å². The van der Waals surface area contributed by atoms with Crippen LogP contribution in [0.3, 0.4) is 0 Å². The Hall–Kier alpha value is -0.800. The summed E-state index contributed by atoms with van der Waals surface area (Å²) in [6.45, 7) is 3.25. The molecule has 0 N–H and O–H groups in total. The number of carbonyl (C=O) groups is 1. The van der Waals surface area contributed by atoms with Crippen LogP contribution >= 0.6 is 0 Å². The van der Waals surface area contributed by atoms with Crippen LogP contribution in [0.15, 0.2) is 12.2 Å². The molecule has 0 spiro atoms. The lowest BCUT2D eigenvalue weighted by Crippen LogP contribution is -2.38. The predicted octanol–water partition coefficient (Wildman–Crippen LogP) is 2.72. The van der Waals surface area contributed by atoms with E-state index < -0.39 is 17.4 Å². The molecule has 0 bridgehead atoms. The molecule has 1 nitrogen and oxygen atoms in total. The van der Waals surface area contributed by atoms with Gasteiger partial charge in [-0.2, -0.15) is 13.2 Å². The van der Waals surface area contributed by atoms with Gasteiger partial charge in [0.2, 0.25) is 0 Å². The smallest absolute Gasteiger partial charge is 0.294 e. The third kappa shape index (κ3) is 2.09. The van der Waals surface area contributed by atoms with Crippen molar-refractivity contribution in [1.82, 2.24) is 0 Å². The maximum atomic E-state index is 12.2. The normalized spacial score (nSPS) is 13.8. The Labute approximate surface area is 69.3 Å². The van der Waals surface area contributed by atoms with Gasteiger partial charge < -0.3 is 0 Å². The first-order valence-electron chi connectivity index (χ1n) is 3.47. The van der Waals surface area contributed by atoms with Crippen molar-refractivity contribution >= 4 is 5.78 Å². The van der Waals surface area contributed by atoms with E-state index in [1.807, 2.05) is 0 Å². The highest BCUT2D eigenvalue weighted by atomic mass is 19.4. The van der Waals surface area contributed by atoms with Gasteiger partial charge in [-0.3, -0.25) is 4.79 Å². The standard InChI is InChI=1S/C8H11F3O/c1-4-5-6(12)7(2,3)8(9,10)11/h4-5H,1-3H3/b5-4+. The zero-order valence-corrected chi connectivity index (χ0v) is 7.20. The first-order chi connectivity index (χ1) is 5.23. The van der Waals surface area contributed by atoms with Crippen LogP contribution in [0, 0.1) is 5.41 Å². The lowest BCUT2D eigenvalue weighted by molar-refractivity contribution is -0.207. The van der Waals surface area contributed by atoms with Crippen molar-refractivity contribution in [2.75, 3.05) is 0 Å². The van der Waals surface area contributed by atoms with E-state index in [2.05, 4.69) is 0 Å². The van der Waals surface area contributed by atoms with Gasteiger partial charge in [0.15, 0.2) is 5.78 Å². The van der Waals surface area contributed by atoms with Gasteiger partial charge in [-0.1, -0.05) is 6.08 Å². The third-order valence-corrected chi connectivity index (χ3v) is 1.64. The summed E-state index contributed by atoms with van der Waals surface area (Å²) in [5.41, 5.74) is -2.28. The maximum absolute atomic E-state index is 12.2. The van der Waals surface area contributed by atoms with Gasteiger partial charge in [-0.05, 0) is 26.8 Å². The Balaban J connectivity index is 4.74. The number of ketones is 1. The molecule has 4 heteroatoms. The van der Waals surface area contributed by atoms with Gasteiger partial charge in [-0.25, -0.2) is 0 Å². The van der Waals surface area contributed by atoms with Crippen LogP contribution in [0.5, 0.6) is 0 Å². The fourth-order valence-corrected chi connectivity index (χ4v) is 0.499. The molecule has 0 aliphatic rings. The summed E-state index contributed by atoms with van der Waals surface area (Å²) in [6.07, 6.45) is -2.24. The lowest BCUT2D eigenvalue weighted by Gasteiger charge is -2.24. The highest BCUT2D eigenvalue weighted by molar-refractivity contribution is 5.94. The molecule has 0 saturated heterocycles. The molecular weight excluding hydrogens is 169 g/mol. The van der Waals surface area contributed by atoms with Crippen LogP contribution in [-0.2, 0) is 4.79 Å². The van der Waals surface area contributed by atoms with Crippen molar-refractivity contribution in [2.45, 2.75) is 26.9 Å². The zero-order valence-electron chi connectivity index (χ0n) is 7.20. The first-order valence-corrected chi connectivity index (χ1v) is 3.47. The second-order valence-corrected chi connectivity index (χ2v) is 2.99. The molecular formula is C8H11F3O. The number of halogens is 3. The van der Waals surface area contributed by atoms with Crippen molar-refractivity contribution in [3.8, 4) is 0 Å². The van der Waals surface area contributed by atoms with Crippen molar-refractivity contribution in [2.24, 2.45) is 5.41 Å². The molecule has 0 heterocycles. The highest BCUT2D eigenvalue weighted by Gasteiger charge is 2.51. The number of carbonyl (C=O) groups excluding carboxylic acids is 1. The number of allylic oxidation sites excluding steroid dienone is 2. The minimum atomic E-state index is -4.48. The Morgan fingerprint density at radius 1 is 1.25 bits per heavy atom. The number of hydrogen-bond acceptors (Lipinski definition) is 1. The largest absolute Gasteiger partial charge is 0.401 e. The Morgan fingerprint density at radius 3 is 1.92 bits per heavy atom. The number of rotatable bonds is 2. The van der Waals surface area contributed by atoms with Crippen LogP contribution in [0.1, 0.15) is 20.8 Å². The summed E-state index contributed by atoms with van der Waals surface area (Å²) >= 11 is 0. The summed E-state index contributed by atoms with van der Waals surface area (Å²) in [6, 6.07) is 0. The Kier molecular flexibility index (Phi) is 3.07. The van der Waals surface area contributed by atoms with Gasteiger partial charge in [0, 0.05) is 0 Å². The SMILES string of the molecule is C/C=C/C(=O)C(C)(C)C(F)(F)F. The second kappa shape index (κ2) is 3.29. The summed E-state index contributed by atoms with van der Waals surface area (Å²) in [4.78, 5) is 10.9. The molecule has 0 saturated carbocycles. The average Bonchev–Trinajstić information content (AvgIpc) is 1.85. The molecule has 0 unspecified atom stereocenters. The molecule has 0 aromatic rings. The molecule has 12 heavy (non-hydrogen) atoms. The number of alkyl halides is 3. The molecule has 0 fully saturated rings.